The second-order valence-corrected chi connectivity index (χ2v) is 4.26. The van der Waals surface area contributed by atoms with Crippen LogP contribution in [-0.2, 0) is 4.79 Å². The first-order valence-corrected chi connectivity index (χ1v) is 5.54. The number of H-pyrrole nitrogens is 1. The third-order valence-corrected chi connectivity index (χ3v) is 3.01. The predicted molar refractivity (Wildman–Crippen MR) is 57.1 cm³/mol. The van der Waals surface area contributed by atoms with Crippen molar-refractivity contribution in [3.8, 4) is 0 Å². The second-order valence-electron chi connectivity index (χ2n) is 4.26. The molecule has 1 saturated carbocycles. The number of amides is 1. The fourth-order valence-electron chi connectivity index (χ4n) is 1.84. The minimum atomic E-state index is -0.0208. The van der Waals surface area contributed by atoms with Crippen molar-refractivity contribution in [2.45, 2.75) is 38.6 Å². The van der Waals surface area contributed by atoms with E-state index >= 15 is 0 Å². The number of aromatic nitrogens is 2. The number of rotatable bonds is 4. The van der Waals surface area contributed by atoms with Crippen LogP contribution in [-0.4, -0.2) is 15.9 Å². The highest BCUT2D eigenvalue weighted by atomic mass is 16.1. The molecule has 1 atom stereocenters. The molecule has 1 aromatic heterocycles. The molecule has 4 nitrogen and oxygen atoms in total. The van der Waals surface area contributed by atoms with E-state index in [0.29, 0.717) is 12.3 Å². The van der Waals surface area contributed by atoms with E-state index in [-0.39, 0.29) is 11.9 Å². The van der Waals surface area contributed by atoms with E-state index in [1.165, 1.54) is 19.3 Å². The van der Waals surface area contributed by atoms with Gasteiger partial charge < -0.3 is 10.3 Å². The zero-order valence-corrected chi connectivity index (χ0v) is 8.99. The highest BCUT2D eigenvalue weighted by molar-refractivity contribution is 5.76. The Hall–Kier alpha value is -1.32. The number of carbonyl (C=O) groups is 1. The van der Waals surface area contributed by atoms with Gasteiger partial charge in [-0.3, -0.25) is 4.79 Å². The molecule has 0 radical (unpaired) electrons. The van der Waals surface area contributed by atoms with Crippen LogP contribution in [0.5, 0.6) is 0 Å². The standard InChI is InChI=1S/C11H17N3O/c1-8(11-12-5-6-13-11)14-10(15)7-9-3-2-4-9/h5-6,8-9H,2-4,7H2,1H3,(H,12,13)(H,14,15). The number of hydrogen-bond donors (Lipinski definition) is 2. The van der Waals surface area contributed by atoms with Crippen LogP contribution >= 0.6 is 0 Å². The van der Waals surface area contributed by atoms with Gasteiger partial charge in [0.25, 0.3) is 0 Å². The summed E-state index contributed by atoms with van der Waals surface area (Å²) < 4.78 is 0. The zero-order valence-electron chi connectivity index (χ0n) is 8.99. The smallest absolute Gasteiger partial charge is 0.220 e. The number of aromatic amines is 1. The highest BCUT2D eigenvalue weighted by Gasteiger charge is 2.21. The minimum Gasteiger partial charge on any atom is -0.347 e. The van der Waals surface area contributed by atoms with E-state index in [1.807, 2.05) is 6.92 Å². The summed E-state index contributed by atoms with van der Waals surface area (Å²) in [6.07, 6.45) is 7.84. The Morgan fingerprint density at radius 1 is 1.73 bits per heavy atom. The van der Waals surface area contributed by atoms with E-state index in [4.69, 9.17) is 0 Å². The van der Waals surface area contributed by atoms with Crippen LogP contribution in [0.25, 0.3) is 0 Å². The van der Waals surface area contributed by atoms with E-state index in [2.05, 4.69) is 15.3 Å². The molecule has 1 heterocycles. The number of nitrogens with one attached hydrogen (secondary N) is 2. The van der Waals surface area contributed by atoms with Gasteiger partial charge in [-0.2, -0.15) is 0 Å². The Bertz CT molecular complexity index is 317. The van der Waals surface area contributed by atoms with Crippen LogP contribution in [0, 0.1) is 5.92 Å². The van der Waals surface area contributed by atoms with Crippen molar-refractivity contribution in [3.05, 3.63) is 18.2 Å². The van der Waals surface area contributed by atoms with E-state index in [1.54, 1.807) is 12.4 Å². The molecule has 4 heteroatoms. The van der Waals surface area contributed by atoms with Crippen molar-refractivity contribution in [2.24, 2.45) is 5.92 Å². The number of imidazole rings is 1. The first-order chi connectivity index (χ1) is 7.25. The molecular formula is C11H17N3O. The zero-order chi connectivity index (χ0) is 10.7. The summed E-state index contributed by atoms with van der Waals surface area (Å²) in [6.45, 7) is 1.94. The van der Waals surface area contributed by atoms with Gasteiger partial charge in [0.05, 0.1) is 6.04 Å². The Morgan fingerprint density at radius 3 is 3.07 bits per heavy atom. The van der Waals surface area contributed by atoms with Crippen molar-refractivity contribution in [2.75, 3.05) is 0 Å². The van der Waals surface area contributed by atoms with Crippen molar-refractivity contribution in [1.29, 1.82) is 0 Å². The molecule has 0 bridgehead atoms. The van der Waals surface area contributed by atoms with Crippen molar-refractivity contribution >= 4 is 5.91 Å². The lowest BCUT2D eigenvalue weighted by atomic mass is 9.83. The molecule has 82 valence electrons. The van der Waals surface area contributed by atoms with Gasteiger partial charge in [0.2, 0.25) is 5.91 Å². The predicted octanol–water partition coefficient (Wildman–Crippen LogP) is 1.78. The summed E-state index contributed by atoms with van der Waals surface area (Å²) in [4.78, 5) is 18.7. The normalized spacial score (nSPS) is 18.2. The van der Waals surface area contributed by atoms with Crippen LogP contribution in [0.2, 0.25) is 0 Å². The van der Waals surface area contributed by atoms with Gasteiger partial charge in [-0.1, -0.05) is 6.42 Å². The minimum absolute atomic E-state index is 0.0208. The lowest BCUT2D eigenvalue weighted by Gasteiger charge is -2.25. The highest BCUT2D eigenvalue weighted by Crippen LogP contribution is 2.29. The van der Waals surface area contributed by atoms with Gasteiger partial charge >= 0.3 is 0 Å². The Kier molecular flexibility index (Phi) is 3.04. The maximum Gasteiger partial charge on any atom is 0.220 e. The Balaban J connectivity index is 1.78. The Morgan fingerprint density at radius 2 is 2.53 bits per heavy atom. The number of nitrogens with zero attached hydrogens (tertiary/aromatic N) is 1. The molecule has 2 rings (SSSR count). The van der Waals surface area contributed by atoms with Crippen LogP contribution in [0.4, 0.5) is 0 Å². The average molecular weight is 207 g/mol. The molecule has 1 aromatic rings. The lowest BCUT2D eigenvalue weighted by Crippen LogP contribution is -2.30. The van der Waals surface area contributed by atoms with Gasteiger partial charge in [0, 0.05) is 18.8 Å². The third-order valence-electron chi connectivity index (χ3n) is 3.01. The number of hydrogen-bond acceptors (Lipinski definition) is 2. The van der Waals surface area contributed by atoms with Crippen molar-refractivity contribution in [1.82, 2.24) is 15.3 Å². The molecule has 0 aromatic carbocycles. The lowest BCUT2D eigenvalue weighted by molar-refractivity contribution is -0.123. The topological polar surface area (TPSA) is 57.8 Å². The Labute approximate surface area is 89.5 Å². The van der Waals surface area contributed by atoms with Crippen LogP contribution < -0.4 is 5.32 Å². The quantitative estimate of drug-likeness (QED) is 0.790. The number of carbonyl (C=O) groups excluding carboxylic acids is 1. The fourth-order valence-corrected chi connectivity index (χ4v) is 1.84. The second kappa shape index (κ2) is 4.47. The molecule has 1 aliphatic carbocycles. The summed E-state index contributed by atoms with van der Waals surface area (Å²) in [6, 6.07) is -0.0208. The maximum absolute atomic E-state index is 11.6. The molecule has 1 fully saturated rings. The van der Waals surface area contributed by atoms with Gasteiger partial charge in [0.15, 0.2) is 0 Å². The molecule has 15 heavy (non-hydrogen) atoms. The van der Waals surface area contributed by atoms with Gasteiger partial charge in [0.1, 0.15) is 5.82 Å². The SMILES string of the molecule is CC(NC(=O)CC1CCC1)c1ncc[nH]1. The molecule has 1 aliphatic rings. The third kappa shape index (κ3) is 2.58. The molecule has 2 N–H and O–H groups in total. The summed E-state index contributed by atoms with van der Waals surface area (Å²) in [7, 11) is 0. The molecule has 1 amide bonds. The fraction of sp³-hybridized carbons (Fsp3) is 0.636. The largest absolute Gasteiger partial charge is 0.347 e. The van der Waals surface area contributed by atoms with E-state index in [0.717, 1.165) is 5.82 Å². The van der Waals surface area contributed by atoms with Gasteiger partial charge in [-0.15, -0.1) is 0 Å². The van der Waals surface area contributed by atoms with Crippen LogP contribution in [0.15, 0.2) is 12.4 Å². The average Bonchev–Trinajstić information content (AvgIpc) is 2.64. The maximum atomic E-state index is 11.6. The van der Waals surface area contributed by atoms with Gasteiger partial charge in [-0.05, 0) is 25.7 Å². The molecule has 0 spiro atoms. The van der Waals surface area contributed by atoms with Crippen molar-refractivity contribution < 1.29 is 4.79 Å². The monoisotopic (exact) mass is 207 g/mol. The molecule has 0 saturated heterocycles. The summed E-state index contributed by atoms with van der Waals surface area (Å²) in [5.41, 5.74) is 0. The molecule has 0 aliphatic heterocycles. The van der Waals surface area contributed by atoms with E-state index < -0.39 is 0 Å². The molecular weight excluding hydrogens is 190 g/mol. The summed E-state index contributed by atoms with van der Waals surface area (Å²) in [5, 5.41) is 2.95. The molecule has 1 unspecified atom stereocenters. The first-order valence-electron chi connectivity index (χ1n) is 5.54. The van der Waals surface area contributed by atoms with Crippen LogP contribution in [0.3, 0.4) is 0 Å². The van der Waals surface area contributed by atoms with Gasteiger partial charge in [-0.25, -0.2) is 4.98 Å². The first kappa shape index (κ1) is 10.2. The van der Waals surface area contributed by atoms with Crippen molar-refractivity contribution in [3.63, 3.8) is 0 Å². The summed E-state index contributed by atoms with van der Waals surface area (Å²) >= 11 is 0. The van der Waals surface area contributed by atoms with E-state index in [9.17, 15) is 4.79 Å². The summed E-state index contributed by atoms with van der Waals surface area (Å²) in [5.74, 6) is 1.58. The van der Waals surface area contributed by atoms with Crippen LogP contribution in [0.1, 0.15) is 44.5 Å².